The summed E-state index contributed by atoms with van der Waals surface area (Å²) in [7, 11) is 1.67. The minimum atomic E-state index is 0.141. The molecular formula is C19H21NO3. The summed E-state index contributed by atoms with van der Waals surface area (Å²) in [6.45, 7) is 1.84. The van der Waals surface area contributed by atoms with Crippen molar-refractivity contribution < 1.29 is 14.3 Å². The molecule has 120 valence electrons. The van der Waals surface area contributed by atoms with E-state index < -0.39 is 0 Å². The highest BCUT2D eigenvalue weighted by atomic mass is 16.5. The molecule has 0 spiro atoms. The molecular weight excluding hydrogens is 290 g/mol. The number of carbonyl (C=O) groups excluding carboxylic acids is 1. The molecule has 1 aliphatic rings. The van der Waals surface area contributed by atoms with Crippen molar-refractivity contribution in [2.75, 3.05) is 20.3 Å². The Labute approximate surface area is 136 Å². The minimum Gasteiger partial charge on any atom is -0.497 e. The van der Waals surface area contributed by atoms with Crippen molar-refractivity contribution in [1.29, 1.82) is 0 Å². The van der Waals surface area contributed by atoms with E-state index in [1.54, 1.807) is 7.11 Å². The van der Waals surface area contributed by atoms with Crippen LogP contribution in [0.4, 0.5) is 0 Å². The molecule has 0 saturated carbocycles. The Morgan fingerprint density at radius 3 is 2.70 bits per heavy atom. The third kappa shape index (κ3) is 3.83. The van der Waals surface area contributed by atoms with E-state index in [0.717, 1.165) is 24.5 Å². The number of para-hydroxylation sites is 1. The first-order chi connectivity index (χ1) is 11.3. The maximum atomic E-state index is 12.3. The van der Waals surface area contributed by atoms with E-state index in [-0.39, 0.29) is 5.91 Å². The summed E-state index contributed by atoms with van der Waals surface area (Å²) >= 11 is 0. The summed E-state index contributed by atoms with van der Waals surface area (Å²) < 4.78 is 10.9. The molecule has 0 fully saturated rings. The second kappa shape index (κ2) is 7.18. The average Bonchev–Trinajstić information content (AvgIpc) is 2.61. The predicted octanol–water partition coefficient (Wildman–Crippen LogP) is 3.05. The Kier molecular flexibility index (Phi) is 4.81. The number of methoxy groups -OCH3 is 1. The lowest BCUT2D eigenvalue weighted by Gasteiger charge is -2.29. The molecule has 1 amide bonds. The largest absolute Gasteiger partial charge is 0.497 e. The first-order valence-electron chi connectivity index (χ1n) is 7.87. The van der Waals surface area contributed by atoms with Gasteiger partial charge in [0, 0.05) is 13.1 Å². The molecule has 4 heteroatoms. The molecule has 0 atom stereocenters. The van der Waals surface area contributed by atoms with Crippen LogP contribution in [0, 0.1) is 0 Å². The van der Waals surface area contributed by atoms with Gasteiger partial charge in [-0.1, -0.05) is 24.3 Å². The molecule has 0 saturated heterocycles. The van der Waals surface area contributed by atoms with E-state index >= 15 is 0 Å². The van der Waals surface area contributed by atoms with Crippen molar-refractivity contribution in [1.82, 2.24) is 4.90 Å². The van der Waals surface area contributed by atoms with Crippen LogP contribution in [-0.4, -0.2) is 31.1 Å². The topological polar surface area (TPSA) is 38.8 Å². The zero-order valence-electron chi connectivity index (χ0n) is 13.3. The van der Waals surface area contributed by atoms with E-state index in [1.165, 1.54) is 11.1 Å². The predicted molar refractivity (Wildman–Crippen MR) is 88.7 cm³/mol. The highest BCUT2D eigenvalue weighted by molar-refractivity contribution is 5.76. The van der Waals surface area contributed by atoms with Crippen LogP contribution in [0.5, 0.6) is 11.5 Å². The van der Waals surface area contributed by atoms with Gasteiger partial charge in [0.1, 0.15) is 11.5 Å². The first kappa shape index (κ1) is 15.4. The molecule has 1 heterocycles. The van der Waals surface area contributed by atoms with Gasteiger partial charge in [-0.3, -0.25) is 4.79 Å². The second-order valence-corrected chi connectivity index (χ2v) is 5.61. The maximum absolute atomic E-state index is 12.3. The van der Waals surface area contributed by atoms with Gasteiger partial charge >= 0.3 is 0 Å². The van der Waals surface area contributed by atoms with Gasteiger partial charge in [-0.2, -0.15) is 0 Å². The molecule has 23 heavy (non-hydrogen) atoms. The van der Waals surface area contributed by atoms with Gasteiger partial charge in [0.05, 0.1) is 20.1 Å². The Morgan fingerprint density at radius 1 is 1.09 bits per heavy atom. The van der Waals surface area contributed by atoms with Crippen LogP contribution in [0.1, 0.15) is 17.5 Å². The quantitative estimate of drug-likeness (QED) is 0.852. The lowest BCUT2D eigenvalue weighted by molar-refractivity contribution is -0.132. The summed E-state index contributed by atoms with van der Waals surface area (Å²) in [5, 5.41) is 0. The van der Waals surface area contributed by atoms with Crippen molar-refractivity contribution in [3.8, 4) is 11.5 Å². The smallest absolute Gasteiger partial charge is 0.226 e. The van der Waals surface area contributed by atoms with Crippen LogP contribution in [0.15, 0.2) is 48.5 Å². The number of amides is 1. The van der Waals surface area contributed by atoms with Gasteiger partial charge in [0.25, 0.3) is 0 Å². The number of nitrogens with zero attached hydrogens (tertiary/aromatic N) is 1. The van der Waals surface area contributed by atoms with Gasteiger partial charge in [0.15, 0.2) is 0 Å². The van der Waals surface area contributed by atoms with Gasteiger partial charge in [-0.15, -0.1) is 0 Å². The van der Waals surface area contributed by atoms with Crippen molar-refractivity contribution >= 4 is 5.91 Å². The van der Waals surface area contributed by atoms with Gasteiger partial charge in [-0.25, -0.2) is 0 Å². The Hall–Kier alpha value is -2.49. The van der Waals surface area contributed by atoms with Gasteiger partial charge < -0.3 is 14.4 Å². The zero-order chi connectivity index (χ0) is 16.1. The monoisotopic (exact) mass is 311 g/mol. The Morgan fingerprint density at radius 2 is 1.91 bits per heavy atom. The first-order valence-corrected chi connectivity index (χ1v) is 7.87. The summed E-state index contributed by atoms with van der Waals surface area (Å²) in [6, 6.07) is 15.7. The highest BCUT2D eigenvalue weighted by Crippen LogP contribution is 2.24. The van der Waals surface area contributed by atoms with Crippen molar-refractivity contribution in [3.63, 3.8) is 0 Å². The lowest BCUT2D eigenvalue weighted by Crippen LogP contribution is -2.36. The molecule has 4 nitrogen and oxygen atoms in total. The number of benzene rings is 2. The molecule has 3 rings (SSSR count). The van der Waals surface area contributed by atoms with Gasteiger partial charge in [-0.05, 0) is 41.8 Å². The molecule has 0 radical (unpaired) electrons. The Balaban J connectivity index is 1.52. The summed E-state index contributed by atoms with van der Waals surface area (Å²) in [5.41, 5.74) is 2.48. The van der Waals surface area contributed by atoms with E-state index in [0.29, 0.717) is 19.6 Å². The van der Waals surface area contributed by atoms with Crippen LogP contribution in [0.2, 0.25) is 0 Å². The normalized spacial score (nSPS) is 13.3. The number of carbonyl (C=O) groups is 1. The third-order valence-electron chi connectivity index (χ3n) is 4.11. The maximum Gasteiger partial charge on any atom is 0.226 e. The SMILES string of the molecule is COc1ccc2c(c1)CCN(C(=O)CCOc1ccccc1)C2. The van der Waals surface area contributed by atoms with Crippen LogP contribution in [0.25, 0.3) is 0 Å². The molecule has 2 aromatic rings. The number of rotatable bonds is 5. The fraction of sp³-hybridized carbons (Fsp3) is 0.316. The molecule has 0 N–H and O–H groups in total. The molecule has 0 aliphatic carbocycles. The lowest BCUT2D eigenvalue weighted by atomic mass is 9.99. The van der Waals surface area contributed by atoms with E-state index in [9.17, 15) is 4.79 Å². The van der Waals surface area contributed by atoms with E-state index in [4.69, 9.17) is 9.47 Å². The minimum absolute atomic E-state index is 0.141. The van der Waals surface area contributed by atoms with Crippen LogP contribution in [-0.2, 0) is 17.8 Å². The number of hydrogen-bond acceptors (Lipinski definition) is 3. The molecule has 0 unspecified atom stereocenters. The molecule has 0 aromatic heterocycles. The van der Waals surface area contributed by atoms with E-state index in [2.05, 4.69) is 6.07 Å². The van der Waals surface area contributed by atoms with Crippen LogP contribution >= 0.6 is 0 Å². The summed E-state index contributed by atoms with van der Waals surface area (Å²) in [6.07, 6.45) is 1.28. The van der Waals surface area contributed by atoms with Crippen LogP contribution < -0.4 is 9.47 Å². The van der Waals surface area contributed by atoms with Crippen LogP contribution in [0.3, 0.4) is 0 Å². The Bertz CT molecular complexity index is 670. The van der Waals surface area contributed by atoms with Gasteiger partial charge in [0.2, 0.25) is 5.91 Å². The molecule has 0 bridgehead atoms. The highest BCUT2D eigenvalue weighted by Gasteiger charge is 2.20. The standard InChI is InChI=1S/C19H21NO3/c1-22-18-8-7-16-14-20(11-9-15(16)13-18)19(21)10-12-23-17-5-3-2-4-6-17/h2-8,13H,9-12,14H2,1H3. The molecule has 1 aliphatic heterocycles. The third-order valence-corrected chi connectivity index (χ3v) is 4.11. The fourth-order valence-electron chi connectivity index (χ4n) is 2.80. The fourth-order valence-corrected chi connectivity index (χ4v) is 2.80. The average molecular weight is 311 g/mol. The van der Waals surface area contributed by atoms with Crippen molar-refractivity contribution in [2.24, 2.45) is 0 Å². The van der Waals surface area contributed by atoms with Crippen molar-refractivity contribution in [2.45, 2.75) is 19.4 Å². The number of hydrogen-bond donors (Lipinski definition) is 0. The number of ether oxygens (including phenoxy) is 2. The summed E-state index contributed by atoms with van der Waals surface area (Å²) in [5.74, 6) is 1.82. The zero-order valence-corrected chi connectivity index (χ0v) is 13.3. The van der Waals surface area contributed by atoms with Crippen molar-refractivity contribution in [3.05, 3.63) is 59.7 Å². The molecule has 2 aromatic carbocycles. The second-order valence-electron chi connectivity index (χ2n) is 5.61. The number of fused-ring (bicyclic) bond motifs is 1. The van der Waals surface area contributed by atoms with E-state index in [1.807, 2.05) is 47.4 Å². The summed E-state index contributed by atoms with van der Waals surface area (Å²) in [4.78, 5) is 14.2.